The first-order chi connectivity index (χ1) is 15.3. The van der Waals surface area contributed by atoms with Crippen molar-refractivity contribution >= 4 is 35.1 Å². The van der Waals surface area contributed by atoms with Crippen LogP contribution in [0, 0.1) is 0 Å². The van der Waals surface area contributed by atoms with Gasteiger partial charge in [-0.15, -0.1) is 11.6 Å². The average Bonchev–Trinajstić information content (AvgIpc) is 2.73. The Bertz CT molecular complexity index is 1040. The lowest BCUT2D eigenvalue weighted by molar-refractivity contribution is 0.0384. The maximum absolute atomic E-state index is 12.5. The number of ether oxygens (including phenoxy) is 2. The molecule has 0 radical (unpaired) electrons. The Morgan fingerprint density at radius 3 is 2.75 bits per heavy atom. The second kappa shape index (κ2) is 11.0. The van der Waals surface area contributed by atoms with E-state index in [1.807, 2.05) is 44.2 Å². The molecule has 0 saturated carbocycles. The number of hydrogen-bond donors (Lipinski definition) is 1. The van der Waals surface area contributed by atoms with Gasteiger partial charge in [-0.3, -0.25) is 4.79 Å². The summed E-state index contributed by atoms with van der Waals surface area (Å²) in [5, 5.41) is 3.57. The zero-order valence-corrected chi connectivity index (χ0v) is 19.8. The maximum atomic E-state index is 12.5. The van der Waals surface area contributed by atoms with Crippen LogP contribution in [0.1, 0.15) is 44.0 Å². The monoisotopic (exact) mass is 479 g/mol. The molecule has 1 aromatic rings. The predicted molar refractivity (Wildman–Crippen MR) is 126 cm³/mol. The van der Waals surface area contributed by atoms with E-state index in [-0.39, 0.29) is 29.8 Å². The molecular weight excluding hydrogens is 453 g/mol. The van der Waals surface area contributed by atoms with Gasteiger partial charge in [0.15, 0.2) is 0 Å². The molecule has 2 unspecified atom stereocenters. The van der Waals surface area contributed by atoms with Crippen molar-refractivity contribution in [3.8, 4) is 0 Å². The van der Waals surface area contributed by atoms with E-state index in [0.29, 0.717) is 18.2 Å². The molecule has 9 heteroatoms. The number of anilines is 1. The zero-order valence-electron chi connectivity index (χ0n) is 18.3. The fourth-order valence-corrected chi connectivity index (χ4v) is 3.78. The molecule has 7 nitrogen and oxygen atoms in total. The molecule has 0 amide bonds. The first-order valence-corrected chi connectivity index (χ1v) is 11.4. The summed E-state index contributed by atoms with van der Waals surface area (Å²) in [5.74, 6) is -0.398. The van der Waals surface area contributed by atoms with Crippen molar-refractivity contribution in [2.45, 2.75) is 57.7 Å². The van der Waals surface area contributed by atoms with E-state index in [4.69, 9.17) is 32.7 Å². The second-order valence-corrected chi connectivity index (χ2v) is 8.76. The van der Waals surface area contributed by atoms with Crippen LogP contribution >= 0.6 is 23.2 Å². The van der Waals surface area contributed by atoms with Crippen molar-refractivity contribution in [2.75, 3.05) is 11.9 Å². The minimum absolute atomic E-state index is 0.0439. The molecule has 0 fully saturated rings. The highest BCUT2D eigenvalue weighted by Crippen LogP contribution is 2.24. The van der Waals surface area contributed by atoms with Gasteiger partial charge in [0, 0.05) is 23.5 Å². The van der Waals surface area contributed by atoms with Crippen LogP contribution in [-0.2, 0) is 16.0 Å². The van der Waals surface area contributed by atoms with Gasteiger partial charge in [-0.1, -0.05) is 29.3 Å². The van der Waals surface area contributed by atoms with Gasteiger partial charge in [0.2, 0.25) is 5.95 Å². The number of nitrogens with zero attached hydrogens (tertiary/aromatic N) is 2. The SMILES string of the molecule is CCOC(=O)c1cn(CC2=CC=C(Cl)CC2)c(NC2=CC(Cl)C(OC(C)C)C=C2)nc1=O. The number of carbonyl (C=O) groups is 1. The number of carbonyl (C=O) groups excluding carboxylic acids is 1. The van der Waals surface area contributed by atoms with Gasteiger partial charge in [0.05, 0.1) is 24.2 Å². The molecule has 32 heavy (non-hydrogen) atoms. The molecule has 2 aliphatic carbocycles. The molecular formula is C23H27Cl2N3O4. The van der Waals surface area contributed by atoms with Crippen molar-refractivity contribution in [1.29, 1.82) is 0 Å². The zero-order chi connectivity index (χ0) is 23.3. The number of halogens is 2. The van der Waals surface area contributed by atoms with E-state index < -0.39 is 11.5 Å². The molecule has 0 saturated heterocycles. The van der Waals surface area contributed by atoms with E-state index in [2.05, 4.69) is 10.3 Å². The summed E-state index contributed by atoms with van der Waals surface area (Å²) in [7, 11) is 0. The van der Waals surface area contributed by atoms with Gasteiger partial charge in [-0.05, 0) is 51.8 Å². The molecule has 1 aromatic heterocycles. The third kappa shape index (κ3) is 6.34. The highest BCUT2D eigenvalue weighted by molar-refractivity contribution is 6.29. The Hall–Kier alpha value is -2.35. The van der Waals surface area contributed by atoms with Crippen LogP contribution in [0.3, 0.4) is 0 Å². The number of nitrogens with one attached hydrogen (secondary N) is 1. The lowest BCUT2D eigenvalue weighted by Crippen LogP contribution is -2.29. The van der Waals surface area contributed by atoms with E-state index in [0.717, 1.165) is 23.4 Å². The van der Waals surface area contributed by atoms with Crippen molar-refractivity contribution in [1.82, 2.24) is 9.55 Å². The number of rotatable bonds is 8. The first kappa shape index (κ1) is 24.3. The van der Waals surface area contributed by atoms with Crippen LogP contribution in [0.5, 0.6) is 0 Å². The van der Waals surface area contributed by atoms with Crippen molar-refractivity contribution < 1.29 is 14.3 Å². The van der Waals surface area contributed by atoms with E-state index in [1.54, 1.807) is 11.5 Å². The molecule has 2 atom stereocenters. The fraction of sp³-hybridized carbons (Fsp3) is 0.435. The highest BCUT2D eigenvalue weighted by Gasteiger charge is 2.22. The maximum Gasteiger partial charge on any atom is 0.345 e. The lowest BCUT2D eigenvalue weighted by atomic mass is 10.0. The quantitative estimate of drug-likeness (QED) is 0.435. The molecule has 1 heterocycles. The summed E-state index contributed by atoms with van der Waals surface area (Å²) < 4.78 is 12.5. The minimum Gasteiger partial charge on any atom is -0.462 e. The third-order valence-corrected chi connectivity index (χ3v) is 5.54. The van der Waals surface area contributed by atoms with Crippen LogP contribution in [0.25, 0.3) is 0 Å². The number of esters is 1. The molecule has 0 spiro atoms. The molecule has 0 bridgehead atoms. The summed E-state index contributed by atoms with van der Waals surface area (Å²) in [6, 6.07) is 0. The van der Waals surface area contributed by atoms with Gasteiger partial charge in [0.25, 0.3) is 5.56 Å². The predicted octanol–water partition coefficient (Wildman–Crippen LogP) is 4.53. The van der Waals surface area contributed by atoms with Crippen LogP contribution < -0.4 is 10.9 Å². The van der Waals surface area contributed by atoms with Crippen molar-refractivity contribution in [3.05, 3.63) is 68.8 Å². The topological polar surface area (TPSA) is 82.4 Å². The van der Waals surface area contributed by atoms with E-state index in [1.165, 1.54) is 6.20 Å². The summed E-state index contributed by atoms with van der Waals surface area (Å²) in [6.07, 6.45) is 12.1. The lowest BCUT2D eigenvalue weighted by Gasteiger charge is -2.25. The number of hydrogen-bond acceptors (Lipinski definition) is 6. The summed E-state index contributed by atoms with van der Waals surface area (Å²) in [5.41, 5.74) is 0.993. The molecule has 3 rings (SSSR count). The van der Waals surface area contributed by atoms with Crippen LogP contribution in [0.15, 0.2) is 57.7 Å². The molecule has 172 valence electrons. The highest BCUT2D eigenvalue weighted by atomic mass is 35.5. The number of allylic oxidation sites excluding steroid dienone is 5. The second-order valence-electron chi connectivity index (χ2n) is 7.77. The molecule has 0 aliphatic heterocycles. The Morgan fingerprint density at radius 1 is 1.34 bits per heavy atom. The summed E-state index contributed by atoms with van der Waals surface area (Å²) >= 11 is 12.5. The molecule has 2 aliphatic rings. The Morgan fingerprint density at radius 2 is 2.12 bits per heavy atom. The van der Waals surface area contributed by atoms with Crippen molar-refractivity contribution in [3.63, 3.8) is 0 Å². The normalized spacial score (nSPS) is 20.5. The van der Waals surface area contributed by atoms with Gasteiger partial charge >= 0.3 is 5.97 Å². The Balaban J connectivity index is 1.90. The van der Waals surface area contributed by atoms with Crippen LogP contribution in [0.4, 0.5) is 5.95 Å². The molecule has 0 aromatic carbocycles. The summed E-state index contributed by atoms with van der Waals surface area (Å²) in [6.45, 7) is 6.18. The van der Waals surface area contributed by atoms with Crippen molar-refractivity contribution in [2.24, 2.45) is 0 Å². The third-order valence-electron chi connectivity index (χ3n) is 4.85. The fourth-order valence-electron chi connectivity index (χ4n) is 3.34. The van der Waals surface area contributed by atoms with Gasteiger partial charge < -0.3 is 19.4 Å². The van der Waals surface area contributed by atoms with E-state index >= 15 is 0 Å². The number of aromatic nitrogens is 2. The van der Waals surface area contributed by atoms with Gasteiger partial charge in [0.1, 0.15) is 5.56 Å². The van der Waals surface area contributed by atoms with Gasteiger partial charge in [-0.25, -0.2) is 4.79 Å². The molecule has 1 N–H and O–H groups in total. The average molecular weight is 480 g/mol. The Labute approximate surface area is 197 Å². The van der Waals surface area contributed by atoms with E-state index in [9.17, 15) is 9.59 Å². The standard InChI is InChI=1S/C23H27Cl2N3O4/c1-4-31-22(30)18-13-28(12-15-5-7-16(24)8-6-15)23(27-21(18)29)26-17-9-10-20(19(25)11-17)32-14(2)3/h5,7,9-11,13-14,19-20H,4,6,8,12H2,1-3H3,(H,26,27,29). The van der Waals surface area contributed by atoms with Gasteiger partial charge in [-0.2, -0.15) is 4.98 Å². The largest absolute Gasteiger partial charge is 0.462 e. The number of alkyl halides is 1. The van der Waals surface area contributed by atoms with Crippen LogP contribution in [0.2, 0.25) is 0 Å². The summed E-state index contributed by atoms with van der Waals surface area (Å²) in [4.78, 5) is 28.9. The van der Waals surface area contributed by atoms with Crippen LogP contribution in [-0.4, -0.2) is 39.7 Å². The Kier molecular flexibility index (Phi) is 8.34. The smallest absolute Gasteiger partial charge is 0.345 e. The first-order valence-electron chi connectivity index (χ1n) is 10.6. The minimum atomic E-state index is -0.697.